The van der Waals surface area contributed by atoms with Crippen LogP contribution in [0.1, 0.15) is 149 Å². The number of nitriles is 1. The van der Waals surface area contributed by atoms with Crippen LogP contribution in [0.3, 0.4) is 0 Å². The van der Waals surface area contributed by atoms with Crippen LogP contribution in [0.5, 0.6) is 0 Å². The fraction of sp³-hybridized carbons (Fsp3) is 0.182. The summed E-state index contributed by atoms with van der Waals surface area (Å²) >= 11 is 0. The molecule has 3 aromatic carbocycles. The molecule has 14 N–H and O–H groups in total. The number of pyridine rings is 9. The summed E-state index contributed by atoms with van der Waals surface area (Å²) in [5.41, 5.74) is 46.2. The van der Waals surface area contributed by atoms with Crippen molar-refractivity contribution in [2.24, 2.45) is 11.5 Å². The molecule has 12 rings (SSSR count). The molecule has 101 heavy (non-hydrogen) atoms. The number of carbonyl (C=O) groups is 5. The number of aromatic nitrogens is 9. The van der Waals surface area contributed by atoms with Gasteiger partial charge in [-0.3, -0.25) is 38.9 Å². The molecule has 24 heteroatoms. The van der Waals surface area contributed by atoms with E-state index < -0.39 is 11.8 Å². The third kappa shape index (κ3) is 19.4. The maximum absolute atomic E-state index is 12.7. The zero-order valence-corrected chi connectivity index (χ0v) is 56.2. The van der Waals surface area contributed by atoms with Gasteiger partial charge in [-0.2, -0.15) is 5.26 Å². The number of nitrogens with two attached hydrogens (primary N) is 5. The molecule has 0 fully saturated rings. The molecule has 5 amide bonds. The van der Waals surface area contributed by atoms with Gasteiger partial charge in [-0.1, -0.05) is 37.8 Å². The summed E-state index contributed by atoms with van der Waals surface area (Å²) in [5.74, 6) is -0.239. The Morgan fingerprint density at radius 2 is 0.713 bits per heavy atom. The molecule has 24 nitrogen and oxygen atoms in total. The van der Waals surface area contributed by atoms with Crippen molar-refractivity contribution in [2.45, 2.75) is 87.9 Å². The van der Waals surface area contributed by atoms with E-state index in [1.165, 1.54) is 0 Å². The van der Waals surface area contributed by atoms with Gasteiger partial charge >= 0.3 is 0 Å². The minimum Gasteiger partial charge on any atom is -0.400 e. The van der Waals surface area contributed by atoms with Crippen LogP contribution < -0.4 is 44.6 Å². The fourth-order valence-corrected chi connectivity index (χ4v) is 11.2. The molecule has 9 aromatic heterocycles. The number of aliphatic hydroxyl groups is 1. The quantitative estimate of drug-likeness (QED) is 0.0409. The Morgan fingerprint density at radius 3 is 1.01 bits per heavy atom. The van der Waals surface area contributed by atoms with E-state index in [4.69, 9.17) is 39.0 Å². The normalized spacial score (nSPS) is 10.5. The van der Waals surface area contributed by atoms with Crippen molar-refractivity contribution in [1.29, 1.82) is 5.26 Å². The molecular weight excluding hydrogens is 1270 g/mol. The van der Waals surface area contributed by atoms with Crippen LogP contribution in [-0.4, -0.2) is 86.6 Å². The smallest absolute Gasteiger partial charge is 0.267 e. The number of hydrogen-bond donors (Lipinski definition) is 9. The summed E-state index contributed by atoms with van der Waals surface area (Å²) in [5, 5.41) is 27.6. The topological polar surface area (TPSA) is 412 Å². The zero-order chi connectivity index (χ0) is 71.7. The molecule has 512 valence electrons. The molecule has 0 saturated heterocycles. The van der Waals surface area contributed by atoms with Gasteiger partial charge in [0.05, 0.1) is 16.6 Å². The molecule has 0 spiro atoms. The summed E-state index contributed by atoms with van der Waals surface area (Å²) < 4.78 is 0. The summed E-state index contributed by atoms with van der Waals surface area (Å²) in [7, 11) is 1.00. The first-order valence-electron chi connectivity index (χ1n) is 31.5. The van der Waals surface area contributed by atoms with Gasteiger partial charge in [-0.25, -0.2) is 29.9 Å². The number of anilines is 3. The van der Waals surface area contributed by atoms with Gasteiger partial charge in [-0.15, -0.1) is 0 Å². The van der Waals surface area contributed by atoms with E-state index in [0.29, 0.717) is 89.8 Å². The summed E-state index contributed by atoms with van der Waals surface area (Å²) in [4.78, 5) is 99.8. The number of nitrogens with zero attached hydrogens (tertiary/aromatic N) is 10. The Labute approximate surface area is 584 Å². The largest absolute Gasteiger partial charge is 0.400 e. The second kappa shape index (κ2) is 33.8. The van der Waals surface area contributed by atoms with Gasteiger partial charge in [0, 0.05) is 132 Å². The third-order valence-corrected chi connectivity index (χ3v) is 16.3. The highest BCUT2D eigenvalue weighted by atomic mass is 16.2. The number of fused-ring (bicyclic) bond motifs is 3. The van der Waals surface area contributed by atoms with Crippen LogP contribution in [-0.2, 0) is 38.9 Å². The minimum absolute atomic E-state index is 0. The Hall–Kier alpha value is -13.0. The van der Waals surface area contributed by atoms with E-state index in [9.17, 15) is 24.0 Å². The van der Waals surface area contributed by atoms with Crippen LogP contribution >= 0.6 is 0 Å². The van der Waals surface area contributed by atoms with Crippen molar-refractivity contribution < 1.29 is 29.1 Å². The average Bonchev–Trinajstić information content (AvgIpc) is 0.828. The number of rotatable bonds is 17. The maximum atomic E-state index is 12.7. The van der Waals surface area contributed by atoms with Crippen molar-refractivity contribution in [1.82, 2.24) is 60.8 Å². The molecule has 0 aliphatic heterocycles. The number of hydrogen-bond acceptors (Lipinski definition) is 19. The van der Waals surface area contributed by atoms with Crippen LogP contribution in [0.2, 0.25) is 0 Å². The monoisotopic (exact) mass is 1350 g/mol. The average molecular weight is 1350 g/mol. The van der Waals surface area contributed by atoms with E-state index in [2.05, 4.69) is 66.9 Å². The first-order valence-corrected chi connectivity index (χ1v) is 31.5. The minimum atomic E-state index is -0.557. The van der Waals surface area contributed by atoms with Crippen molar-refractivity contribution >= 4 is 79.7 Å². The summed E-state index contributed by atoms with van der Waals surface area (Å²) in [6.45, 7) is 12.6. The van der Waals surface area contributed by atoms with Gasteiger partial charge < -0.3 is 49.7 Å². The summed E-state index contributed by atoms with van der Waals surface area (Å²) in [6, 6.07) is 45.8. The number of aryl methyl sites for hydroxylation is 6. The van der Waals surface area contributed by atoms with Gasteiger partial charge in [-0.05, 0) is 207 Å². The van der Waals surface area contributed by atoms with Crippen LogP contribution in [0, 0.1) is 52.9 Å². The highest BCUT2D eigenvalue weighted by Gasteiger charge is 2.16. The second-order valence-corrected chi connectivity index (χ2v) is 23.5. The molecule has 0 unspecified atom stereocenters. The molecule has 12 aromatic rings. The van der Waals surface area contributed by atoms with Gasteiger partial charge in [0.1, 0.15) is 40.6 Å². The van der Waals surface area contributed by atoms with E-state index >= 15 is 0 Å². The van der Waals surface area contributed by atoms with Crippen molar-refractivity contribution in [2.75, 3.05) is 24.3 Å². The number of carbonyl (C=O) groups excluding carboxylic acids is 5. The molecule has 0 radical (unpaired) electrons. The lowest BCUT2D eigenvalue weighted by Crippen LogP contribution is -2.24. The van der Waals surface area contributed by atoms with Crippen LogP contribution in [0.25, 0.3) is 32.7 Å². The number of primary amides is 2. The Morgan fingerprint density at radius 1 is 0.406 bits per heavy atom. The highest BCUT2D eigenvalue weighted by molar-refractivity contribution is 5.97. The van der Waals surface area contributed by atoms with Gasteiger partial charge in [0.15, 0.2) is 0 Å². The van der Waals surface area contributed by atoms with Crippen molar-refractivity contribution in [3.8, 4) is 6.07 Å². The van der Waals surface area contributed by atoms with E-state index in [0.717, 1.165) is 113 Å². The van der Waals surface area contributed by atoms with Crippen molar-refractivity contribution in [3.05, 3.63) is 282 Å². The van der Waals surface area contributed by atoms with E-state index in [-0.39, 0.29) is 36.5 Å². The summed E-state index contributed by atoms with van der Waals surface area (Å²) in [6.07, 6.45) is 6.59. The molecule has 0 bridgehead atoms. The molecule has 0 atom stereocenters. The van der Waals surface area contributed by atoms with Gasteiger partial charge in [0.25, 0.3) is 29.5 Å². The number of nitrogens with one attached hydrogen (secondary N) is 3. The number of aliphatic hydroxyl groups excluding tert-OH is 1. The number of benzene rings is 3. The lowest BCUT2D eigenvalue weighted by Gasteiger charge is -2.12. The maximum Gasteiger partial charge on any atom is 0.267 e. The molecule has 0 aliphatic carbocycles. The van der Waals surface area contributed by atoms with Crippen LogP contribution in [0.15, 0.2) is 164 Å². The first kappa shape index (κ1) is 73.8. The second-order valence-electron chi connectivity index (χ2n) is 23.5. The molecule has 9 heterocycles. The first-order chi connectivity index (χ1) is 48.0. The predicted octanol–water partition coefficient (Wildman–Crippen LogP) is 9.55. The van der Waals surface area contributed by atoms with Crippen LogP contribution in [0.4, 0.5) is 17.5 Å². The van der Waals surface area contributed by atoms with Crippen molar-refractivity contribution in [3.63, 3.8) is 0 Å². The Bertz CT molecular complexity index is 4870. The Kier molecular flexibility index (Phi) is 24.7. The number of amides is 5. The lowest BCUT2D eigenvalue weighted by molar-refractivity contribution is 0.0942. The highest BCUT2D eigenvalue weighted by Crippen LogP contribution is 2.23. The molecular formula is C77H78N18O6. The third-order valence-electron chi connectivity index (χ3n) is 16.3. The van der Waals surface area contributed by atoms with E-state index in [1.54, 1.807) is 91.4 Å². The fourth-order valence-electron chi connectivity index (χ4n) is 11.2. The molecule has 0 saturated carbocycles. The predicted molar refractivity (Wildman–Crippen MR) is 391 cm³/mol. The SMILES string of the molecule is C.CO.Cc1cc(N)nc(C)c1CNC(=O)c1ccnc(Cc2ccc3nc(C#N)ccc3c2)c1.Cc1cc(N)nc(C)c1CNC(=O)c1ccnc(Cc2ccc3nc(C(N)=O)ccc3c2)c1.Cc1cc(N)nc(C)c1CNC(=O)c1ccnc(Cc2ccc3nc(C(N)=O)ccc3c2)c1. The lowest BCUT2D eigenvalue weighted by atomic mass is 10.0. The Balaban J connectivity index is 0.000000189. The van der Waals surface area contributed by atoms with Gasteiger partial charge in [0.2, 0.25) is 0 Å². The molecule has 0 aliphatic rings. The van der Waals surface area contributed by atoms with E-state index in [1.807, 2.05) is 114 Å². The standard InChI is InChI=1S/2C25H24N6O2.C25H22N6O.CH4O.CH4/c2*1-14-9-23(26)30-15(2)20(14)13-29-25(33)18-7-8-28-19(12-18)11-16-3-5-21-17(10-16)4-6-22(31-21)24(27)32;1-15-9-24(27)30-16(2)22(15)14-29-25(32)19-7-8-28-21(12-19)11-17-3-6-23-18(10-17)4-5-20(13-26)31-23;1-2;/h2*3-10,12H,11,13H2,1-2H3,(H2,26,30)(H2,27,32)(H,29,33);3-10,12H,11,14H2,1-2H3,(H2,27,30)(H,29,32);2H,1H3;1H4. The number of nitrogen functional groups attached to an aromatic ring is 3. The zero-order valence-electron chi connectivity index (χ0n) is 56.2.